The summed E-state index contributed by atoms with van der Waals surface area (Å²) in [6.07, 6.45) is 16.4. The normalized spacial score (nSPS) is 49.9. The molecule has 0 spiro atoms. The van der Waals surface area contributed by atoms with Crippen LogP contribution < -0.4 is 0 Å². The standard InChI is InChI=1S/C29H42N2O2/c1-28(33)11-9-18-17(14-28)7-8-20-19(18)10-12-29(2)26(20)21-13-22(21)27(29)25(32)15-31-16-30-23-5-3-4-6-24(23)31/h16-22,26-27,33H,3-15H2,1-2H3/t17-,18+,19-,20-,21-,22+,26-,27-,28-,29+/m1/s1. The van der Waals surface area contributed by atoms with Gasteiger partial charge in [-0.3, -0.25) is 4.79 Å². The van der Waals surface area contributed by atoms with Gasteiger partial charge in [0, 0.05) is 11.6 Å². The van der Waals surface area contributed by atoms with Gasteiger partial charge in [-0.1, -0.05) is 6.92 Å². The number of rotatable bonds is 3. The molecule has 0 amide bonds. The van der Waals surface area contributed by atoms with Crippen LogP contribution in [0.4, 0.5) is 0 Å². The second-order valence-electron chi connectivity index (χ2n) is 13.6. The number of aliphatic hydroxyl groups is 1. The quantitative estimate of drug-likeness (QED) is 0.688. The van der Waals surface area contributed by atoms with Crippen LogP contribution in [-0.2, 0) is 24.2 Å². The summed E-state index contributed by atoms with van der Waals surface area (Å²) in [6.45, 7) is 5.14. The van der Waals surface area contributed by atoms with Crippen molar-refractivity contribution < 1.29 is 9.90 Å². The molecular formula is C29H42N2O2. The summed E-state index contributed by atoms with van der Waals surface area (Å²) < 4.78 is 2.22. The number of hydrogen-bond donors (Lipinski definition) is 1. The molecule has 0 aromatic carbocycles. The van der Waals surface area contributed by atoms with E-state index in [9.17, 15) is 9.90 Å². The second-order valence-corrected chi connectivity index (χ2v) is 13.6. The Morgan fingerprint density at radius 2 is 1.85 bits per heavy atom. The first-order chi connectivity index (χ1) is 15.9. The Kier molecular flexibility index (Phi) is 4.60. The minimum atomic E-state index is -0.434. The summed E-state index contributed by atoms with van der Waals surface area (Å²) in [7, 11) is 0. The highest BCUT2D eigenvalue weighted by molar-refractivity contribution is 5.83. The first kappa shape index (κ1) is 21.1. The average Bonchev–Trinajstić information content (AvgIpc) is 3.34. The molecule has 10 atom stereocenters. The van der Waals surface area contributed by atoms with Gasteiger partial charge in [0.1, 0.15) is 0 Å². The average molecular weight is 451 g/mol. The molecule has 1 N–H and O–H groups in total. The second kappa shape index (κ2) is 7.18. The lowest BCUT2D eigenvalue weighted by atomic mass is 9.48. The number of ketones is 1. The number of aromatic nitrogens is 2. The molecule has 6 aliphatic rings. The number of carbonyl (C=O) groups excluding carboxylic acids is 1. The fraction of sp³-hybridized carbons (Fsp3) is 0.862. The summed E-state index contributed by atoms with van der Waals surface area (Å²) in [5.41, 5.74) is 2.38. The van der Waals surface area contributed by atoms with E-state index < -0.39 is 5.60 Å². The maximum atomic E-state index is 13.9. The number of hydrogen-bond acceptors (Lipinski definition) is 3. The molecule has 1 aromatic rings. The topological polar surface area (TPSA) is 55.1 Å². The Morgan fingerprint density at radius 3 is 2.73 bits per heavy atom. The number of aryl methyl sites for hydroxylation is 1. The van der Waals surface area contributed by atoms with Crippen molar-refractivity contribution in [3.8, 4) is 0 Å². The molecule has 0 radical (unpaired) electrons. The summed E-state index contributed by atoms with van der Waals surface area (Å²) >= 11 is 0. The largest absolute Gasteiger partial charge is 0.390 e. The van der Waals surface area contributed by atoms with E-state index in [2.05, 4.69) is 23.4 Å². The maximum Gasteiger partial charge on any atom is 0.156 e. The molecular weight excluding hydrogens is 408 g/mol. The van der Waals surface area contributed by atoms with Crippen molar-refractivity contribution in [1.29, 1.82) is 0 Å². The zero-order valence-corrected chi connectivity index (χ0v) is 20.6. The highest BCUT2D eigenvalue weighted by Gasteiger charge is 2.70. The van der Waals surface area contributed by atoms with Gasteiger partial charge in [0.25, 0.3) is 0 Å². The molecule has 0 aliphatic heterocycles. The number of carbonyl (C=O) groups is 1. The number of fused-ring (bicyclic) bond motifs is 8. The van der Waals surface area contributed by atoms with Crippen molar-refractivity contribution in [1.82, 2.24) is 9.55 Å². The number of imidazole rings is 1. The van der Waals surface area contributed by atoms with E-state index in [-0.39, 0.29) is 11.3 Å². The van der Waals surface area contributed by atoms with Crippen LogP contribution in [0.25, 0.3) is 0 Å². The molecule has 0 bridgehead atoms. The zero-order chi connectivity index (χ0) is 22.5. The highest BCUT2D eigenvalue weighted by atomic mass is 16.3. The first-order valence-corrected chi connectivity index (χ1v) is 14.1. The first-order valence-electron chi connectivity index (χ1n) is 14.1. The molecule has 4 nitrogen and oxygen atoms in total. The van der Waals surface area contributed by atoms with Gasteiger partial charge in [-0.2, -0.15) is 0 Å². The molecule has 1 aromatic heterocycles. The van der Waals surface area contributed by atoms with Crippen LogP contribution in [0, 0.1) is 52.8 Å². The van der Waals surface area contributed by atoms with Crippen LogP contribution in [-0.4, -0.2) is 26.0 Å². The van der Waals surface area contributed by atoms with E-state index in [0.717, 1.165) is 61.2 Å². The fourth-order valence-corrected chi connectivity index (χ4v) is 10.6. The van der Waals surface area contributed by atoms with Gasteiger partial charge in [0.2, 0.25) is 0 Å². The molecule has 0 unspecified atom stereocenters. The SMILES string of the molecule is C[C@@]1(O)CC[C@H]2[C@H](CC[C@@H]3[C@@H]2CC[C@@]2(C)[C@H]3[C@@H]3C[C@@H]3[C@@H]2C(=O)Cn2cnc3c2CCCC3)C1. The van der Waals surface area contributed by atoms with Crippen LogP contribution >= 0.6 is 0 Å². The van der Waals surface area contributed by atoms with E-state index in [4.69, 9.17) is 0 Å². The van der Waals surface area contributed by atoms with Crippen molar-refractivity contribution >= 4 is 5.78 Å². The van der Waals surface area contributed by atoms with Gasteiger partial charge in [0.15, 0.2) is 5.78 Å². The molecule has 33 heavy (non-hydrogen) atoms. The summed E-state index contributed by atoms with van der Waals surface area (Å²) in [5.74, 6) is 6.30. The predicted molar refractivity (Wildman–Crippen MR) is 127 cm³/mol. The Hall–Kier alpha value is -1.16. The van der Waals surface area contributed by atoms with E-state index in [1.807, 2.05) is 6.33 Å². The van der Waals surface area contributed by atoms with Crippen LogP contribution in [0.1, 0.15) is 89.4 Å². The Morgan fingerprint density at radius 1 is 1.03 bits per heavy atom. The monoisotopic (exact) mass is 450 g/mol. The molecule has 180 valence electrons. The van der Waals surface area contributed by atoms with Gasteiger partial charge in [-0.25, -0.2) is 4.98 Å². The van der Waals surface area contributed by atoms with Crippen LogP contribution in [0.5, 0.6) is 0 Å². The van der Waals surface area contributed by atoms with Crippen LogP contribution in [0.15, 0.2) is 6.33 Å². The molecule has 0 saturated heterocycles. The van der Waals surface area contributed by atoms with Crippen molar-refractivity contribution in [3.63, 3.8) is 0 Å². The van der Waals surface area contributed by atoms with Gasteiger partial charge < -0.3 is 9.67 Å². The van der Waals surface area contributed by atoms with Crippen molar-refractivity contribution in [3.05, 3.63) is 17.7 Å². The van der Waals surface area contributed by atoms with Gasteiger partial charge in [-0.15, -0.1) is 0 Å². The van der Waals surface area contributed by atoms with Gasteiger partial charge in [0.05, 0.1) is 24.2 Å². The van der Waals surface area contributed by atoms with E-state index in [0.29, 0.717) is 18.2 Å². The zero-order valence-electron chi connectivity index (χ0n) is 20.6. The molecule has 1 heterocycles. The number of Topliss-reactive ketones (excluding diaryl/α,β-unsaturated/α-hetero) is 1. The minimum Gasteiger partial charge on any atom is -0.390 e. The summed E-state index contributed by atoms with van der Waals surface area (Å²) in [6, 6.07) is 0. The highest BCUT2D eigenvalue weighted by Crippen LogP contribution is 2.74. The molecule has 5 fully saturated rings. The lowest BCUT2D eigenvalue weighted by Crippen LogP contribution is -2.52. The van der Waals surface area contributed by atoms with E-state index >= 15 is 0 Å². The molecule has 6 aliphatic carbocycles. The van der Waals surface area contributed by atoms with Crippen LogP contribution in [0.3, 0.4) is 0 Å². The van der Waals surface area contributed by atoms with Gasteiger partial charge in [-0.05, 0) is 131 Å². The van der Waals surface area contributed by atoms with Crippen molar-refractivity contribution in [2.45, 2.75) is 103 Å². The third kappa shape index (κ3) is 3.11. The minimum absolute atomic E-state index is 0.222. The Bertz CT molecular complexity index is 965. The maximum absolute atomic E-state index is 13.9. The van der Waals surface area contributed by atoms with Crippen molar-refractivity contribution in [2.75, 3.05) is 0 Å². The lowest BCUT2D eigenvalue weighted by Gasteiger charge is -2.57. The Labute approximate surface area is 198 Å². The van der Waals surface area contributed by atoms with Crippen molar-refractivity contribution in [2.24, 2.45) is 52.8 Å². The third-order valence-electron chi connectivity index (χ3n) is 11.8. The summed E-state index contributed by atoms with van der Waals surface area (Å²) in [5, 5.41) is 10.7. The van der Waals surface area contributed by atoms with E-state index in [1.165, 1.54) is 62.8 Å². The lowest BCUT2D eigenvalue weighted by molar-refractivity contribution is -0.136. The van der Waals surface area contributed by atoms with Gasteiger partial charge >= 0.3 is 0 Å². The smallest absolute Gasteiger partial charge is 0.156 e. The predicted octanol–water partition coefficient (Wildman–Crippen LogP) is 5.21. The third-order valence-corrected chi connectivity index (χ3v) is 11.8. The molecule has 7 rings (SSSR count). The molecule has 5 saturated carbocycles. The fourth-order valence-electron chi connectivity index (χ4n) is 10.6. The number of nitrogens with zero attached hydrogens (tertiary/aromatic N) is 2. The van der Waals surface area contributed by atoms with E-state index in [1.54, 1.807) is 0 Å². The molecule has 4 heteroatoms. The summed E-state index contributed by atoms with van der Waals surface area (Å²) in [4.78, 5) is 18.5. The van der Waals surface area contributed by atoms with Crippen LogP contribution in [0.2, 0.25) is 0 Å². The Balaban J connectivity index is 1.12.